The lowest BCUT2D eigenvalue weighted by Gasteiger charge is -2.26. The number of nitrogens with two attached hydrogens (primary N) is 2. The Morgan fingerprint density at radius 3 is 2.61 bits per heavy atom. The first-order valence-corrected chi connectivity index (χ1v) is 10.0. The number of benzene rings is 1. The van der Waals surface area contributed by atoms with Gasteiger partial charge in [-0.2, -0.15) is 4.98 Å². The molecule has 2 aromatic rings. The van der Waals surface area contributed by atoms with Gasteiger partial charge in [-0.25, -0.2) is 14.4 Å². The number of hydrogen-bond acceptors (Lipinski definition) is 6. The number of amides is 1. The summed E-state index contributed by atoms with van der Waals surface area (Å²) in [6.07, 6.45) is 2.84. The predicted octanol–water partition coefficient (Wildman–Crippen LogP) is 3.17. The summed E-state index contributed by atoms with van der Waals surface area (Å²) in [6.45, 7) is 9.26. The summed E-state index contributed by atoms with van der Waals surface area (Å²) in [5, 5.41) is 0.455. The molecule has 0 unspecified atom stereocenters. The van der Waals surface area contributed by atoms with Crippen molar-refractivity contribution in [2.75, 3.05) is 19.8 Å². The summed E-state index contributed by atoms with van der Waals surface area (Å²) in [4.78, 5) is 30.7. The average molecular weight is 428 g/mol. The number of aliphatic imine (C=N–C) groups is 2. The lowest BCUT2D eigenvalue weighted by molar-refractivity contribution is -0.124. The van der Waals surface area contributed by atoms with E-state index in [-0.39, 0.29) is 29.6 Å². The first-order valence-electron chi connectivity index (χ1n) is 10.0. The monoisotopic (exact) mass is 427 g/mol. The summed E-state index contributed by atoms with van der Waals surface area (Å²) < 4.78 is 13.9. The molecule has 31 heavy (non-hydrogen) atoms. The Bertz CT molecular complexity index is 1050. The van der Waals surface area contributed by atoms with E-state index in [1.54, 1.807) is 25.9 Å². The van der Waals surface area contributed by atoms with Crippen molar-refractivity contribution >= 4 is 40.1 Å². The van der Waals surface area contributed by atoms with E-state index in [4.69, 9.17) is 11.5 Å². The van der Waals surface area contributed by atoms with Gasteiger partial charge in [0.15, 0.2) is 5.82 Å². The van der Waals surface area contributed by atoms with Crippen LogP contribution in [0.25, 0.3) is 10.9 Å². The second-order valence-electron chi connectivity index (χ2n) is 7.62. The molecule has 2 rings (SSSR count). The molecule has 0 aliphatic heterocycles. The molecule has 0 radical (unpaired) electrons. The molecular weight excluding hydrogens is 397 g/mol. The Kier molecular flexibility index (Phi) is 7.79. The minimum Gasteiger partial charge on any atom is -0.387 e. The maximum atomic E-state index is 13.9. The number of aryl methyl sites for hydroxylation is 1. The van der Waals surface area contributed by atoms with Gasteiger partial charge >= 0.3 is 0 Å². The van der Waals surface area contributed by atoms with Crippen molar-refractivity contribution < 1.29 is 9.18 Å². The number of fused-ring (bicyclic) bond motifs is 1. The number of halogens is 1. The van der Waals surface area contributed by atoms with E-state index in [1.165, 1.54) is 18.2 Å². The van der Waals surface area contributed by atoms with E-state index in [0.29, 0.717) is 40.9 Å². The minimum absolute atomic E-state index is 0.0354. The SMILES string of the molecule is C=CC(=NC)C(=O)N(C)[C@@H](C)CC[C@H](C)C(N)=Nc1nc(N)nc2c(C)cc(F)cc12. The van der Waals surface area contributed by atoms with Crippen LogP contribution in [0.1, 0.15) is 32.3 Å². The van der Waals surface area contributed by atoms with Gasteiger partial charge in [-0.1, -0.05) is 13.5 Å². The minimum atomic E-state index is -0.405. The summed E-state index contributed by atoms with van der Waals surface area (Å²) in [6, 6.07) is 2.68. The van der Waals surface area contributed by atoms with Crippen LogP contribution in [0.2, 0.25) is 0 Å². The highest BCUT2D eigenvalue weighted by Gasteiger charge is 2.20. The van der Waals surface area contributed by atoms with Crippen LogP contribution >= 0.6 is 0 Å². The van der Waals surface area contributed by atoms with Crippen LogP contribution in [0.5, 0.6) is 0 Å². The van der Waals surface area contributed by atoms with Gasteiger partial charge in [0.25, 0.3) is 5.91 Å². The van der Waals surface area contributed by atoms with E-state index >= 15 is 0 Å². The largest absolute Gasteiger partial charge is 0.387 e. The Morgan fingerprint density at radius 1 is 1.32 bits per heavy atom. The molecular formula is C22H30FN7O. The zero-order valence-electron chi connectivity index (χ0n) is 18.7. The Labute approximate surface area is 182 Å². The van der Waals surface area contributed by atoms with Gasteiger partial charge in [0.05, 0.1) is 5.52 Å². The Balaban J connectivity index is 2.18. The number of rotatable bonds is 8. The normalized spacial score (nSPS) is 14.4. The third-order valence-corrected chi connectivity index (χ3v) is 5.35. The molecule has 0 spiro atoms. The smallest absolute Gasteiger partial charge is 0.271 e. The van der Waals surface area contributed by atoms with E-state index in [1.807, 2.05) is 13.8 Å². The zero-order chi connectivity index (χ0) is 23.3. The van der Waals surface area contributed by atoms with Crippen LogP contribution in [0, 0.1) is 18.7 Å². The van der Waals surface area contributed by atoms with Gasteiger partial charge in [-0.3, -0.25) is 9.79 Å². The third kappa shape index (κ3) is 5.62. The predicted molar refractivity (Wildman–Crippen MR) is 124 cm³/mol. The van der Waals surface area contributed by atoms with Crippen LogP contribution in [0.3, 0.4) is 0 Å². The van der Waals surface area contributed by atoms with Crippen LogP contribution in [0.4, 0.5) is 16.2 Å². The number of amidine groups is 1. The Hall–Kier alpha value is -3.36. The van der Waals surface area contributed by atoms with Gasteiger partial charge in [0.1, 0.15) is 17.4 Å². The first kappa shape index (κ1) is 23.9. The third-order valence-electron chi connectivity index (χ3n) is 5.35. The van der Waals surface area contributed by atoms with E-state index < -0.39 is 5.82 Å². The molecule has 1 aromatic heterocycles. The van der Waals surface area contributed by atoms with Crippen LogP contribution in [-0.4, -0.2) is 52.5 Å². The van der Waals surface area contributed by atoms with Crippen molar-refractivity contribution in [1.29, 1.82) is 0 Å². The van der Waals surface area contributed by atoms with Crippen LogP contribution < -0.4 is 11.5 Å². The summed E-state index contributed by atoms with van der Waals surface area (Å²) in [7, 11) is 3.29. The van der Waals surface area contributed by atoms with Crippen LogP contribution in [-0.2, 0) is 4.79 Å². The van der Waals surface area contributed by atoms with Gasteiger partial charge in [0, 0.05) is 31.4 Å². The number of anilines is 1. The first-order chi connectivity index (χ1) is 14.6. The standard InChI is InChI=1S/C22H30FN7O/c1-7-17(26-5)21(31)30(6)14(4)9-8-12(2)19(24)28-20-16-11-15(23)10-13(3)18(16)27-22(25)29-20/h7,10-12,14H,1,8-9H2,2-6H3,(H4,24,25,27,28,29)/t12-,14-/m0/s1. The molecule has 1 amide bonds. The summed E-state index contributed by atoms with van der Waals surface area (Å²) in [5.74, 6) is -0.0394. The second kappa shape index (κ2) is 10.1. The molecule has 0 saturated heterocycles. The Morgan fingerprint density at radius 2 is 2.00 bits per heavy atom. The maximum Gasteiger partial charge on any atom is 0.271 e. The van der Waals surface area contributed by atoms with Crippen molar-refractivity contribution in [3.63, 3.8) is 0 Å². The summed E-state index contributed by atoms with van der Waals surface area (Å²) in [5.41, 5.74) is 13.5. The zero-order valence-corrected chi connectivity index (χ0v) is 18.7. The molecule has 0 aliphatic carbocycles. The summed E-state index contributed by atoms with van der Waals surface area (Å²) >= 11 is 0. The molecule has 0 saturated carbocycles. The fourth-order valence-corrected chi connectivity index (χ4v) is 3.17. The van der Waals surface area contributed by atoms with E-state index in [0.717, 1.165) is 0 Å². The lowest BCUT2D eigenvalue weighted by atomic mass is 10.0. The molecule has 0 bridgehead atoms. The van der Waals surface area contributed by atoms with Crippen LogP contribution in [0.15, 0.2) is 34.8 Å². The molecule has 1 heterocycles. The van der Waals surface area contributed by atoms with Crippen molar-refractivity contribution in [2.24, 2.45) is 21.6 Å². The molecule has 9 heteroatoms. The van der Waals surface area contributed by atoms with Gasteiger partial charge < -0.3 is 16.4 Å². The quantitative estimate of drug-likeness (QED) is 0.495. The number of hydrogen-bond donors (Lipinski definition) is 2. The maximum absolute atomic E-state index is 13.9. The number of carbonyl (C=O) groups is 1. The molecule has 0 aliphatic rings. The second-order valence-corrected chi connectivity index (χ2v) is 7.62. The van der Waals surface area contributed by atoms with Gasteiger partial charge in [-0.15, -0.1) is 0 Å². The van der Waals surface area contributed by atoms with Crippen molar-refractivity contribution in [1.82, 2.24) is 14.9 Å². The number of aromatic nitrogens is 2. The van der Waals surface area contributed by atoms with E-state index in [9.17, 15) is 9.18 Å². The fourth-order valence-electron chi connectivity index (χ4n) is 3.17. The number of nitrogen functional groups attached to an aromatic ring is 1. The fraction of sp³-hybridized carbons (Fsp3) is 0.409. The number of carbonyl (C=O) groups excluding carboxylic acids is 1. The van der Waals surface area contributed by atoms with Crippen molar-refractivity contribution in [3.05, 3.63) is 36.2 Å². The highest BCUT2D eigenvalue weighted by Crippen LogP contribution is 2.28. The molecule has 1 aromatic carbocycles. The molecule has 166 valence electrons. The van der Waals surface area contributed by atoms with E-state index in [2.05, 4.69) is 26.5 Å². The number of nitrogens with zero attached hydrogens (tertiary/aromatic N) is 5. The van der Waals surface area contributed by atoms with Gasteiger partial charge in [0.2, 0.25) is 5.95 Å². The van der Waals surface area contributed by atoms with Gasteiger partial charge in [-0.05, 0) is 50.5 Å². The molecule has 4 N–H and O–H groups in total. The lowest BCUT2D eigenvalue weighted by Crippen LogP contribution is -2.39. The topological polar surface area (TPSA) is 123 Å². The highest BCUT2D eigenvalue weighted by molar-refractivity contribution is 6.43. The highest BCUT2D eigenvalue weighted by atomic mass is 19.1. The molecule has 0 fully saturated rings. The molecule has 8 nitrogen and oxygen atoms in total. The average Bonchev–Trinajstić information content (AvgIpc) is 2.72. The van der Waals surface area contributed by atoms with Crippen molar-refractivity contribution in [3.8, 4) is 0 Å². The molecule has 2 atom stereocenters. The van der Waals surface area contributed by atoms with Crippen molar-refractivity contribution in [2.45, 2.75) is 39.7 Å².